The van der Waals surface area contributed by atoms with E-state index in [4.69, 9.17) is 16.6 Å². The molecular formula is C14H26N4O5S2. The van der Waals surface area contributed by atoms with E-state index in [1.807, 2.05) is 12.5 Å². The quantitative estimate of drug-likeness (QED) is 0.258. The number of nitrogens with two attached hydrogens (primary N) is 2. The van der Waals surface area contributed by atoms with Crippen LogP contribution in [-0.2, 0) is 19.2 Å². The van der Waals surface area contributed by atoms with Gasteiger partial charge in [0, 0.05) is 0 Å². The summed E-state index contributed by atoms with van der Waals surface area (Å²) in [6.45, 7) is 0. The first-order chi connectivity index (χ1) is 11.7. The second-order valence-corrected chi connectivity index (χ2v) is 7.27. The van der Waals surface area contributed by atoms with Crippen LogP contribution in [-0.4, -0.2) is 70.9 Å². The van der Waals surface area contributed by atoms with Crippen LogP contribution in [0, 0.1) is 0 Å². The van der Waals surface area contributed by atoms with Crippen molar-refractivity contribution in [1.29, 1.82) is 0 Å². The average molecular weight is 395 g/mol. The fraction of sp³-hybridized carbons (Fsp3) is 0.714. The third-order valence-electron chi connectivity index (χ3n) is 3.23. The Labute approximate surface area is 155 Å². The number of carbonyl (C=O) groups excluding carboxylic acids is 3. The molecule has 0 rings (SSSR count). The van der Waals surface area contributed by atoms with Gasteiger partial charge >= 0.3 is 5.97 Å². The van der Waals surface area contributed by atoms with Gasteiger partial charge in [0.05, 0.1) is 12.5 Å². The van der Waals surface area contributed by atoms with Crippen LogP contribution >= 0.6 is 23.5 Å². The molecule has 0 saturated carbocycles. The highest BCUT2D eigenvalue weighted by Crippen LogP contribution is 2.04. The molecule has 0 aromatic carbocycles. The average Bonchev–Trinajstić information content (AvgIpc) is 2.54. The van der Waals surface area contributed by atoms with Gasteiger partial charge < -0.3 is 27.2 Å². The Balaban J connectivity index is 4.92. The Morgan fingerprint density at radius 1 is 0.960 bits per heavy atom. The SMILES string of the molecule is CSCC[C@H](NC(=O)[C@H](CC(N)=O)NC(=O)[C@@H](N)CCSC)C(=O)O. The summed E-state index contributed by atoms with van der Waals surface area (Å²) in [5, 5.41) is 13.9. The van der Waals surface area contributed by atoms with E-state index in [-0.39, 0.29) is 6.42 Å². The van der Waals surface area contributed by atoms with E-state index in [9.17, 15) is 19.2 Å². The van der Waals surface area contributed by atoms with Crippen molar-refractivity contribution in [3.63, 3.8) is 0 Å². The molecule has 25 heavy (non-hydrogen) atoms. The first-order valence-corrected chi connectivity index (χ1v) is 10.4. The topological polar surface area (TPSA) is 165 Å². The molecule has 0 aliphatic carbocycles. The molecule has 0 aromatic heterocycles. The standard InChI is InChI=1S/C14H26N4O5S2/c1-24-5-3-8(15)12(20)18-10(7-11(16)19)13(21)17-9(14(22)23)4-6-25-2/h8-10H,3-7,15H2,1-2H3,(H2,16,19)(H,17,21)(H,18,20)(H,22,23)/t8-,9-,10-/m0/s1. The minimum Gasteiger partial charge on any atom is -0.480 e. The Hall–Kier alpha value is -1.46. The maximum absolute atomic E-state index is 12.3. The zero-order chi connectivity index (χ0) is 19.4. The van der Waals surface area contributed by atoms with Gasteiger partial charge in [-0.2, -0.15) is 23.5 Å². The summed E-state index contributed by atoms with van der Waals surface area (Å²) in [7, 11) is 0. The highest BCUT2D eigenvalue weighted by atomic mass is 32.2. The molecular weight excluding hydrogens is 368 g/mol. The number of rotatable bonds is 13. The Kier molecular flexibility index (Phi) is 12.1. The molecule has 0 radical (unpaired) electrons. The van der Waals surface area contributed by atoms with Crippen LogP contribution in [0.1, 0.15) is 19.3 Å². The van der Waals surface area contributed by atoms with Gasteiger partial charge in [-0.25, -0.2) is 4.79 Å². The molecule has 3 amide bonds. The summed E-state index contributed by atoms with van der Waals surface area (Å²) in [5.74, 6) is -2.16. The summed E-state index contributed by atoms with van der Waals surface area (Å²) in [4.78, 5) is 46.7. The van der Waals surface area contributed by atoms with Crippen LogP contribution in [0.5, 0.6) is 0 Å². The lowest BCUT2D eigenvalue weighted by molar-refractivity contribution is -0.142. The zero-order valence-electron chi connectivity index (χ0n) is 14.3. The number of carboxylic acids is 1. The third-order valence-corrected chi connectivity index (χ3v) is 4.52. The molecule has 7 N–H and O–H groups in total. The summed E-state index contributed by atoms with van der Waals surface area (Å²) in [6.07, 6.45) is 3.86. The molecule has 3 atom stereocenters. The number of hydrogen-bond acceptors (Lipinski definition) is 7. The highest BCUT2D eigenvalue weighted by Gasteiger charge is 2.28. The molecule has 144 valence electrons. The van der Waals surface area contributed by atoms with Crippen LogP contribution < -0.4 is 22.1 Å². The van der Waals surface area contributed by atoms with E-state index in [1.165, 1.54) is 23.5 Å². The van der Waals surface area contributed by atoms with Gasteiger partial charge in [-0.15, -0.1) is 0 Å². The number of carboxylic acid groups (broad SMARTS) is 1. The zero-order valence-corrected chi connectivity index (χ0v) is 16.0. The Morgan fingerprint density at radius 3 is 1.96 bits per heavy atom. The van der Waals surface area contributed by atoms with E-state index < -0.39 is 48.2 Å². The lowest BCUT2D eigenvalue weighted by Gasteiger charge is -2.22. The minimum absolute atomic E-state index is 0.215. The molecule has 0 unspecified atom stereocenters. The maximum Gasteiger partial charge on any atom is 0.326 e. The smallest absolute Gasteiger partial charge is 0.326 e. The van der Waals surface area contributed by atoms with Gasteiger partial charge in [-0.05, 0) is 36.9 Å². The van der Waals surface area contributed by atoms with Crippen LogP contribution in [0.15, 0.2) is 0 Å². The van der Waals surface area contributed by atoms with Gasteiger partial charge in [0.2, 0.25) is 17.7 Å². The number of hydrogen-bond donors (Lipinski definition) is 5. The van der Waals surface area contributed by atoms with Crippen molar-refractivity contribution in [1.82, 2.24) is 10.6 Å². The molecule has 9 nitrogen and oxygen atoms in total. The van der Waals surface area contributed by atoms with Crippen LogP contribution in [0.2, 0.25) is 0 Å². The van der Waals surface area contributed by atoms with E-state index in [0.29, 0.717) is 17.9 Å². The lowest BCUT2D eigenvalue weighted by Crippen LogP contribution is -2.55. The van der Waals surface area contributed by atoms with E-state index in [2.05, 4.69) is 10.6 Å². The molecule has 11 heteroatoms. The second-order valence-electron chi connectivity index (χ2n) is 5.30. The molecule has 0 fully saturated rings. The summed E-state index contributed by atoms with van der Waals surface area (Å²) >= 11 is 2.96. The Morgan fingerprint density at radius 2 is 1.48 bits per heavy atom. The molecule has 0 heterocycles. The number of thioether (sulfide) groups is 2. The summed E-state index contributed by atoms with van der Waals surface area (Å²) in [5.41, 5.74) is 10.8. The summed E-state index contributed by atoms with van der Waals surface area (Å²) < 4.78 is 0. The molecule has 0 aliphatic rings. The van der Waals surface area contributed by atoms with Crippen molar-refractivity contribution in [2.75, 3.05) is 24.0 Å². The van der Waals surface area contributed by atoms with Crippen molar-refractivity contribution < 1.29 is 24.3 Å². The fourth-order valence-corrected chi connectivity index (χ4v) is 2.79. The molecule has 0 saturated heterocycles. The number of aliphatic carboxylic acids is 1. The van der Waals surface area contributed by atoms with Crippen LogP contribution in [0.25, 0.3) is 0 Å². The third kappa shape index (κ3) is 10.2. The minimum atomic E-state index is -1.26. The monoisotopic (exact) mass is 394 g/mol. The van der Waals surface area contributed by atoms with Crippen LogP contribution in [0.3, 0.4) is 0 Å². The van der Waals surface area contributed by atoms with E-state index >= 15 is 0 Å². The number of primary amides is 1. The number of carbonyl (C=O) groups is 4. The van der Waals surface area contributed by atoms with Gasteiger partial charge in [0.15, 0.2) is 0 Å². The van der Waals surface area contributed by atoms with Gasteiger partial charge in [0.1, 0.15) is 12.1 Å². The predicted molar refractivity (Wildman–Crippen MR) is 99.3 cm³/mol. The highest BCUT2D eigenvalue weighted by molar-refractivity contribution is 7.98. The molecule has 0 aromatic rings. The normalized spacial score (nSPS) is 14.2. The van der Waals surface area contributed by atoms with Gasteiger partial charge in [0.25, 0.3) is 0 Å². The van der Waals surface area contributed by atoms with Crippen molar-refractivity contribution in [3.8, 4) is 0 Å². The molecule has 0 spiro atoms. The van der Waals surface area contributed by atoms with Gasteiger partial charge in [-0.3, -0.25) is 14.4 Å². The fourth-order valence-electron chi connectivity index (χ4n) is 1.83. The lowest BCUT2D eigenvalue weighted by atomic mass is 10.1. The molecule has 0 bridgehead atoms. The largest absolute Gasteiger partial charge is 0.480 e. The van der Waals surface area contributed by atoms with E-state index in [1.54, 1.807) is 0 Å². The first-order valence-electron chi connectivity index (χ1n) is 7.58. The van der Waals surface area contributed by atoms with Gasteiger partial charge in [-0.1, -0.05) is 0 Å². The first kappa shape index (κ1) is 23.5. The van der Waals surface area contributed by atoms with Crippen molar-refractivity contribution >= 4 is 47.2 Å². The van der Waals surface area contributed by atoms with Crippen molar-refractivity contribution in [2.45, 2.75) is 37.4 Å². The number of amides is 3. The van der Waals surface area contributed by atoms with Crippen LogP contribution in [0.4, 0.5) is 0 Å². The van der Waals surface area contributed by atoms with Crippen molar-refractivity contribution in [3.05, 3.63) is 0 Å². The Bertz CT molecular complexity index is 478. The van der Waals surface area contributed by atoms with Crippen molar-refractivity contribution in [2.24, 2.45) is 11.5 Å². The number of nitrogens with one attached hydrogen (secondary N) is 2. The second kappa shape index (κ2) is 12.8. The maximum atomic E-state index is 12.3. The van der Waals surface area contributed by atoms with E-state index in [0.717, 1.165) is 0 Å². The molecule has 0 aliphatic heterocycles. The summed E-state index contributed by atoms with van der Waals surface area (Å²) in [6, 6.07) is -3.21. The predicted octanol–water partition coefficient (Wildman–Crippen LogP) is -1.25.